The van der Waals surface area contributed by atoms with Crippen molar-refractivity contribution < 1.29 is 27.6 Å². The number of nitro groups is 1. The first-order valence-corrected chi connectivity index (χ1v) is 7.92. The number of carbonyl (C=O) groups excluding carboxylic acids is 1. The maximum absolute atomic E-state index is 12.5. The van der Waals surface area contributed by atoms with Crippen LogP contribution >= 0.6 is 0 Å². The van der Waals surface area contributed by atoms with Crippen molar-refractivity contribution in [3.8, 4) is 5.75 Å². The monoisotopic (exact) mass is 408 g/mol. The van der Waals surface area contributed by atoms with Gasteiger partial charge >= 0.3 is 6.36 Å². The molecule has 0 aliphatic rings. The Morgan fingerprint density at radius 2 is 1.97 bits per heavy atom. The predicted octanol–water partition coefficient (Wildman–Crippen LogP) is 2.84. The van der Waals surface area contributed by atoms with E-state index < -0.39 is 35.0 Å². The molecule has 1 heterocycles. The van der Waals surface area contributed by atoms with Crippen molar-refractivity contribution in [3.05, 3.63) is 69.3 Å². The topological polar surface area (TPSA) is 116 Å². The van der Waals surface area contributed by atoms with E-state index >= 15 is 0 Å². The van der Waals surface area contributed by atoms with Crippen molar-refractivity contribution in [1.29, 1.82) is 0 Å². The Kier molecular flexibility index (Phi) is 5.17. The molecule has 150 valence electrons. The number of non-ortho nitro benzene ring substituents is 1. The molecule has 1 amide bonds. The van der Waals surface area contributed by atoms with Crippen LogP contribution in [0.4, 0.5) is 24.5 Å². The highest BCUT2D eigenvalue weighted by Gasteiger charge is 2.32. The SMILES string of the molecule is O=C(Cn1cnc2ccc([N+](=O)[O-])cc2c1=O)Nc1ccccc1OC(F)(F)F. The van der Waals surface area contributed by atoms with E-state index in [1.807, 2.05) is 0 Å². The van der Waals surface area contributed by atoms with E-state index in [-0.39, 0.29) is 22.3 Å². The quantitative estimate of drug-likeness (QED) is 0.513. The van der Waals surface area contributed by atoms with E-state index in [1.165, 1.54) is 30.3 Å². The van der Waals surface area contributed by atoms with Gasteiger partial charge in [-0.1, -0.05) is 12.1 Å². The van der Waals surface area contributed by atoms with Crippen LogP contribution < -0.4 is 15.6 Å². The molecule has 2 aromatic carbocycles. The number of hydrogen-bond acceptors (Lipinski definition) is 6. The average molecular weight is 408 g/mol. The molecule has 1 aromatic heterocycles. The van der Waals surface area contributed by atoms with Gasteiger partial charge in [-0.15, -0.1) is 13.2 Å². The van der Waals surface area contributed by atoms with Gasteiger partial charge in [0, 0.05) is 12.1 Å². The lowest BCUT2D eigenvalue weighted by Crippen LogP contribution is -2.28. The van der Waals surface area contributed by atoms with Crippen LogP contribution in [-0.4, -0.2) is 26.7 Å². The standard InChI is InChI=1S/C17H11F3N4O5/c18-17(19,20)29-14-4-2-1-3-13(14)22-15(25)8-23-9-21-12-6-5-10(24(27)28)7-11(12)16(23)26/h1-7,9H,8H2,(H,22,25). The second-order valence-electron chi connectivity index (χ2n) is 5.73. The molecule has 0 aliphatic heterocycles. The number of rotatable bonds is 5. The Balaban J connectivity index is 1.85. The molecule has 29 heavy (non-hydrogen) atoms. The summed E-state index contributed by atoms with van der Waals surface area (Å²) >= 11 is 0. The summed E-state index contributed by atoms with van der Waals surface area (Å²) in [6, 6.07) is 8.41. The van der Waals surface area contributed by atoms with Gasteiger partial charge in [-0.2, -0.15) is 0 Å². The number of ether oxygens (including phenoxy) is 1. The third kappa shape index (κ3) is 4.66. The largest absolute Gasteiger partial charge is 0.573 e. The predicted molar refractivity (Wildman–Crippen MR) is 94.4 cm³/mol. The molecule has 0 spiro atoms. The van der Waals surface area contributed by atoms with Crippen LogP contribution in [0.15, 0.2) is 53.6 Å². The number of nitro benzene ring substituents is 1. The lowest BCUT2D eigenvalue weighted by molar-refractivity contribution is -0.384. The lowest BCUT2D eigenvalue weighted by Gasteiger charge is -2.14. The second-order valence-corrected chi connectivity index (χ2v) is 5.73. The Labute approximate surface area is 159 Å². The van der Waals surface area contributed by atoms with E-state index in [2.05, 4.69) is 15.0 Å². The zero-order valence-corrected chi connectivity index (χ0v) is 14.3. The fourth-order valence-electron chi connectivity index (χ4n) is 2.50. The van der Waals surface area contributed by atoms with Crippen LogP contribution in [0.25, 0.3) is 10.9 Å². The summed E-state index contributed by atoms with van der Waals surface area (Å²) in [4.78, 5) is 38.9. The molecule has 3 rings (SSSR count). The van der Waals surface area contributed by atoms with Crippen LogP contribution in [0, 0.1) is 10.1 Å². The molecule has 0 unspecified atom stereocenters. The van der Waals surface area contributed by atoms with Crippen molar-refractivity contribution >= 4 is 28.2 Å². The van der Waals surface area contributed by atoms with Gasteiger partial charge < -0.3 is 10.1 Å². The third-order valence-corrected chi connectivity index (χ3v) is 3.72. The molecule has 0 saturated heterocycles. The molecular weight excluding hydrogens is 397 g/mol. The summed E-state index contributed by atoms with van der Waals surface area (Å²) in [6.07, 6.45) is -3.89. The summed E-state index contributed by atoms with van der Waals surface area (Å²) in [6.45, 7) is -0.579. The van der Waals surface area contributed by atoms with Gasteiger partial charge in [0.05, 0.1) is 27.8 Å². The molecule has 0 bridgehead atoms. The molecule has 0 atom stereocenters. The number of benzene rings is 2. The molecule has 0 fully saturated rings. The molecule has 3 aromatic rings. The number of fused-ring (bicyclic) bond motifs is 1. The fourth-order valence-corrected chi connectivity index (χ4v) is 2.50. The number of alkyl halides is 3. The van der Waals surface area contributed by atoms with E-state index in [9.17, 15) is 32.9 Å². The minimum Gasteiger partial charge on any atom is -0.404 e. The molecule has 12 heteroatoms. The maximum Gasteiger partial charge on any atom is 0.573 e. The Morgan fingerprint density at radius 3 is 2.66 bits per heavy atom. The average Bonchev–Trinajstić information content (AvgIpc) is 2.64. The van der Waals surface area contributed by atoms with E-state index in [4.69, 9.17) is 0 Å². The van der Waals surface area contributed by atoms with Gasteiger partial charge in [0.1, 0.15) is 6.54 Å². The van der Waals surface area contributed by atoms with Crippen molar-refractivity contribution in [3.63, 3.8) is 0 Å². The highest BCUT2D eigenvalue weighted by Crippen LogP contribution is 2.29. The number of amides is 1. The number of aromatic nitrogens is 2. The van der Waals surface area contributed by atoms with Crippen LogP contribution in [0.5, 0.6) is 5.75 Å². The van der Waals surface area contributed by atoms with Crippen molar-refractivity contribution in [2.45, 2.75) is 12.9 Å². The summed E-state index contributed by atoms with van der Waals surface area (Å²) in [7, 11) is 0. The second kappa shape index (κ2) is 7.58. The van der Waals surface area contributed by atoms with E-state index in [1.54, 1.807) is 0 Å². The van der Waals surface area contributed by atoms with Crippen molar-refractivity contribution in [1.82, 2.24) is 9.55 Å². The van der Waals surface area contributed by atoms with Gasteiger partial charge in [-0.25, -0.2) is 4.98 Å². The minimum atomic E-state index is -4.95. The van der Waals surface area contributed by atoms with Gasteiger partial charge in [0.2, 0.25) is 5.91 Å². The number of hydrogen-bond donors (Lipinski definition) is 1. The number of nitrogens with zero attached hydrogens (tertiary/aromatic N) is 3. The van der Waals surface area contributed by atoms with Crippen LogP contribution in [0.3, 0.4) is 0 Å². The Morgan fingerprint density at radius 1 is 1.24 bits per heavy atom. The summed E-state index contributed by atoms with van der Waals surface area (Å²) in [5.41, 5.74) is -1.08. The zero-order valence-electron chi connectivity index (χ0n) is 14.3. The summed E-state index contributed by atoms with van der Waals surface area (Å²) in [5, 5.41) is 13.0. The number of para-hydroxylation sites is 2. The molecule has 0 saturated carbocycles. The molecule has 0 radical (unpaired) electrons. The third-order valence-electron chi connectivity index (χ3n) is 3.72. The number of carbonyl (C=O) groups is 1. The van der Waals surface area contributed by atoms with Crippen LogP contribution in [0.2, 0.25) is 0 Å². The highest BCUT2D eigenvalue weighted by molar-refractivity contribution is 5.92. The molecular formula is C17H11F3N4O5. The Bertz CT molecular complexity index is 1160. The van der Waals surface area contributed by atoms with E-state index in [0.29, 0.717) is 0 Å². The van der Waals surface area contributed by atoms with Crippen molar-refractivity contribution in [2.24, 2.45) is 0 Å². The minimum absolute atomic E-state index is 0.0738. The van der Waals surface area contributed by atoms with Crippen LogP contribution in [0.1, 0.15) is 0 Å². The Hall–Kier alpha value is -3.96. The maximum atomic E-state index is 12.5. The first-order chi connectivity index (χ1) is 13.6. The summed E-state index contributed by atoms with van der Waals surface area (Å²) in [5.74, 6) is -1.44. The van der Waals surface area contributed by atoms with Crippen molar-refractivity contribution in [2.75, 3.05) is 5.32 Å². The first-order valence-electron chi connectivity index (χ1n) is 7.92. The smallest absolute Gasteiger partial charge is 0.404 e. The van der Waals surface area contributed by atoms with Crippen LogP contribution in [-0.2, 0) is 11.3 Å². The van der Waals surface area contributed by atoms with E-state index in [0.717, 1.165) is 23.0 Å². The van der Waals surface area contributed by atoms with Gasteiger partial charge in [0.15, 0.2) is 5.75 Å². The number of anilines is 1. The summed E-state index contributed by atoms with van der Waals surface area (Å²) < 4.78 is 42.1. The fraction of sp³-hybridized carbons (Fsp3) is 0.118. The number of nitrogens with one attached hydrogen (secondary N) is 1. The first kappa shape index (κ1) is 19.8. The highest BCUT2D eigenvalue weighted by atomic mass is 19.4. The lowest BCUT2D eigenvalue weighted by atomic mass is 10.2. The number of halogens is 3. The van der Waals surface area contributed by atoms with Gasteiger partial charge in [-0.3, -0.25) is 24.3 Å². The molecule has 1 N–H and O–H groups in total. The van der Waals surface area contributed by atoms with Gasteiger partial charge in [-0.05, 0) is 18.2 Å². The van der Waals surface area contributed by atoms with Gasteiger partial charge in [0.25, 0.3) is 11.2 Å². The molecule has 9 nitrogen and oxygen atoms in total. The molecule has 0 aliphatic carbocycles. The normalized spacial score (nSPS) is 11.3. The zero-order chi connectivity index (χ0) is 21.2.